The number of hydrogen-bond donors (Lipinski definition) is 1. The van der Waals surface area contributed by atoms with Crippen molar-refractivity contribution in [3.8, 4) is 0 Å². The molecule has 2 rings (SSSR count). The minimum absolute atomic E-state index is 0.845. The molecule has 18 heavy (non-hydrogen) atoms. The second-order valence-electron chi connectivity index (χ2n) is 3.93. The molecule has 0 saturated carbocycles. The van der Waals surface area contributed by atoms with Crippen LogP contribution in [0.5, 0.6) is 0 Å². The summed E-state index contributed by atoms with van der Waals surface area (Å²) in [6.07, 6.45) is 2.79. The minimum atomic E-state index is 0.845. The highest BCUT2D eigenvalue weighted by Crippen LogP contribution is 2.29. The average Bonchev–Trinajstić information content (AvgIpc) is 2.81. The van der Waals surface area contributed by atoms with E-state index in [0.717, 1.165) is 28.2 Å². The van der Waals surface area contributed by atoms with Gasteiger partial charge in [-0.3, -0.25) is 0 Å². The van der Waals surface area contributed by atoms with Crippen LogP contribution < -0.4 is 5.32 Å². The normalized spacial score (nSPS) is 10.8. The van der Waals surface area contributed by atoms with Crippen LogP contribution in [0.1, 0.15) is 23.9 Å². The van der Waals surface area contributed by atoms with Crippen LogP contribution in [-0.4, -0.2) is 21.4 Å². The van der Waals surface area contributed by atoms with Gasteiger partial charge in [0.2, 0.25) is 0 Å². The van der Waals surface area contributed by atoms with Crippen molar-refractivity contribution in [2.45, 2.75) is 36.2 Å². The molecule has 0 fully saturated rings. The summed E-state index contributed by atoms with van der Waals surface area (Å²) in [7, 11) is 1.94. The fourth-order valence-corrected chi connectivity index (χ4v) is 3.17. The zero-order valence-electron chi connectivity index (χ0n) is 10.7. The molecule has 6 heteroatoms. The second-order valence-corrected chi connectivity index (χ2v) is 5.92. The molecule has 0 amide bonds. The lowest BCUT2D eigenvalue weighted by Gasteiger charge is -2.05. The first-order valence-electron chi connectivity index (χ1n) is 5.83. The molecule has 0 saturated heterocycles. The number of hydrogen-bond acceptors (Lipinski definition) is 6. The predicted octanol–water partition coefficient (Wildman–Crippen LogP) is 2.67. The third-order valence-electron chi connectivity index (χ3n) is 2.42. The number of nitrogens with zero attached hydrogens (tertiary/aromatic N) is 3. The predicted molar refractivity (Wildman–Crippen MR) is 75.1 cm³/mol. The van der Waals surface area contributed by atoms with Crippen molar-refractivity contribution in [1.82, 2.24) is 19.7 Å². The summed E-state index contributed by atoms with van der Waals surface area (Å²) >= 11 is 3.03. The zero-order chi connectivity index (χ0) is 13.0. The Morgan fingerprint density at radius 1 is 1.44 bits per heavy atom. The van der Waals surface area contributed by atoms with Crippen molar-refractivity contribution in [3.63, 3.8) is 0 Å². The first-order valence-corrected chi connectivity index (χ1v) is 7.42. The van der Waals surface area contributed by atoms with Crippen molar-refractivity contribution >= 4 is 23.3 Å². The standard InChI is InChI=1S/C12H16N4S2/c1-4-10-15-12(18-16-10)17-11-8(2)5-9(6-13-3)7-14-11/h5,7,13H,4,6H2,1-3H3. The second kappa shape index (κ2) is 6.26. The van der Waals surface area contributed by atoms with E-state index in [-0.39, 0.29) is 0 Å². The van der Waals surface area contributed by atoms with Gasteiger partial charge in [0.05, 0.1) is 0 Å². The molecule has 2 aromatic heterocycles. The maximum absolute atomic E-state index is 4.49. The van der Waals surface area contributed by atoms with E-state index in [4.69, 9.17) is 0 Å². The fourth-order valence-electron chi connectivity index (χ4n) is 1.53. The summed E-state index contributed by atoms with van der Waals surface area (Å²) in [6.45, 7) is 4.99. The topological polar surface area (TPSA) is 50.7 Å². The molecule has 0 spiro atoms. The Morgan fingerprint density at radius 2 is 2.28 bits per heavy atom. The van der Waals surface area contributed by atoms with Gasteiger partial charge in [-0.05, 0) is 48.4 Å². The third kappa shape index (κ3) is 3.28. The van der Waals surface area contributed by atoms with Gasteiger partial charge < -0.3 is 5.32 Å². The van der Waals surface area contributed by atoms with Crippen molar-refractivity contribution in [2.24, 2.45) is 0 Å². The minimum Gasteiger partial charge on any atom is -0.316 e. The molecule has 0 atom stereocenters. The Morgan fingerprint density at radius 3 is 2.89 bits per heavy atom. The van der Waals surface area contributed by atoms with Crippen molar-refractivity contribution in [3.05, 3.63) is 29.2 Å². The number of nitrogens with one attached hydrogen (secondary N) is 1. The largest absolute Gasteiger partial charge is 0.316 e. The molecule has 0 unspecified atom stereocenters. The van der Waals surface area contributed by atoms with Crippen LogP contribution in [0.2, 0.25) is 0 Å². The van der Waals surface area contributed by atoms with Crippen LogP contribution in [-0.2, 0) is 13.0 Å². The van der Waals surface area contributed by atoms with E-state index in [9.17, 15) is 0 Å². The summed E-state index contributed by atoms with van der Waals surface area (Å²) in [5.41, 5.74) is 2.38. The Bertz CT molecular complexity index is 525. The highest BCUT2D eigenvalue weighted by molar-refractivity contribution is 8.00. The van der Waals surface area contributed by atoms with E-state index in [0.29, 0.717) is 0 Å². The number of aryl methyl sites for hydroxylation is 2. The zero-order valence-corrected chi connectivity index (χ0v) is 12.4. The monoisotopic (exact) mass is 280 g/mol. The van der Waals surface area contributed by atoms with Gasteiger partial charge in [-0.25, -0.2) is 9.97 Å². The highest BCUT2D eigenvalue weighted by Gasteiger charge is 2.08. The SMILES string of the molecule is CCc1nsc(Sc2ncc(CNC)cc2C)n1. The van der Waals surface area contributed by atoms with Gasteiger partial charge in [0, 0.05) is 19.2 Å². The van der Waals surface area contributed by atoms with Gasteiger partial charge >= 0.3 is 0 Å². The molecule has 0 bridgehead atoms. The van der Waals surface area contributed by atoms with Crippen molar-refractivity contribution in [2.75, 3.05) is 7.05 Å². The quantitative estimate of drug-likeness (QED) is 0.912. The van der Waals surface area contributed by atoms with Gasteiger partial charge in [0.15, 0.2) is 4.34 Å². The maximum atomic E-state index is 4.49. The Hall–Kier alpha value is -0.980. The number of rotatable bonds is 5. The molecule has 4 nitrogen and oxygen atoms in total. The molecule has 0 aromatic carbocycles. The summed E-state index contributed by atoms with van der Waals surface area (Å²) in [6, 6.07) is 2.16. The van der Waals surface area contributed by atoms with E-state index in [1.807, 2.05) is 13.2 Å². The average molecular weight is 280 g/mol. The number of aromatic nitrogens is 3. The highest BCUT2D eigenvalue weighted by atomic mass is 32.2. The summed E-state index contributed by atoms with van der Waals surface area (Å²) < 4.78 is 5.24. The molecule has 0 radical (unpaired) electrons. The van der Waals surface area contributed by atoms with Crippen LogP contribution >= 0.6 is 23.3 Å². The van der Waals surface area contributed by atoms with Crippen LogP contribution in [0, 0.1) is 6.92 Å². The Balaban J connectivity index is 2.13. The van der Waals surface area contributed by atoms with Crippen molar-refractivity contribution in [1.29, 1.82) is 0 Å². The molecule has 0 aliphatic rings. The van der Waals surface area contributed by atoms with Crippen LogP contribution in [0.25, 0.3) is 0 Å². The Labute approximate surface area is 115 Å². The maximum Gasteiger partial charge on any atom is 0.176 e. The molecule has 2 aromatic rings. The molecule has 0 aliphatic heterocycles. The van der Waals surface area contributed by atoms with E-state index >= 15 is 0 Å². The molecule has 1 N–H and O–H groups in total. The summed E-state index contributed by atoms with van der Waals surface area (Å²) in [5, 5.41) is 4.13. The first-order chi connectivity index (χ1) is 8.72. The van der Waals surface area contributed by atoms with Gasteiger partial charge in [-0.1, -0.05) is 13.0 Å². The fraction of sp³-hybridized carbons (Fsp3) is 0.417. The first kappa shape index (κ1) is 13.5. The van der Waals surface area contributed by atoms with Gasteiger partial charge in [-0.15, -0.1) is 0 Å². The third-order valence-corrected chi connectivity index (χ3v) is 4.33. The van der Waals surface area contributed by atoms with Crippen LogP contribution in [0.15, 0.2) is 21.6 Å². The summed E-state index contributed by atoms with van der Waals surface area (Å²) in [4.78, 5) is 8.93. The lowest BCUT2D eigenvalue weighted by Crippen LogP contribution is -2.05. The number of pyridine rings is 1. The molecule has 2 heterocycles. The van der Waals surface area contributed by atoms with Crippen LogP contribution in [0.3, 0.4) is 0 Å². The molecule has 0 aliphatic carbocycles. The lowest BCUT2D eigenvalue weighted by atomic mass is 10.2. The molecular weight excluding hydrogens is 264 g/mol. The van der Waals surface area contributed by atoms with Crippen LogP contribution in [0.4, 0.5) is 0 Å². The van der Waals surface area contributed by atoms with E-state index in [1.54, 1.807) is 11.8 Å². The van der Waals surface area contributed by atoms with Gasteiger partial charge in [-0.2, -0.15) is 4.37 Å². The van der Waals surface area contributed by atoms with E-state index < -0.39 is 0 Å². The molecular formula is C12H16N4S2. The Kier molecular flexibility index (Phi) is 4.68. The van der Waals surface area contributed by atoms with E-state index in [2.05, 4.69) is 39.6 Å². The van der Waals surface area contributed by atoms with E-state index in [1.165, 1.54) is 22.7 Å². The van der Waals surface area contributed by atoms with Gasteiger partial charge in [0.1, 0.15) is 10.9 Å². The summed E-state index contributed by atoms with van der Waals surface area (Å²) in [5.74, 6) is 0.909. The molecule has 96 valence electrons. The van der Waals surface area contributed by atoms with Gasteiger partial charge in [0.25, 0.3) is 0 Å². The lowest BCUT2D eigenvalue weighted by molar-refractivity contribution is 0.806. The smallest absolute Gasteiger partial charge is 0.176 e. The van der Waals surface area contributed by atoms with Crippen molar-refractivity contribution < 1.29 is 0 Å².